The first kappa shape index (κ1) is 15.0. The van der Waals surface area contributed by atoms with Crippen molar-refractivity contribution in [2.45, 2.75) is 32.9 Å². The number of hydrogen-bond donors (Lipinski definition) is 2. The Labute approximate surface area is 122 Å². The van der Waals surface area contributed by atoms with Crippen LogP contribution >= 0.6 is 0 Å². The molecule has 0 unspecified atom stereocenters. The van der Waals surface area contributed by atoms with E-state index in [-0.39, 0.29) is 11.1 Å². The zero-order valence-electron chi connectivity index (χ0n) is 12.2. The summed E-state index contributed by atoms with van der Waals surface area (Å²) < 4.78 is 15.2. The lowest BCUT2D eigenvalue weighted by molar-refractivity contribution is 0.0692. The lowest BCUT2D eigenvalue weighted by Gasteiger charge is -2.22. The Kier molecular flexibility index (Phi) is 3.97. The first-order valence-corrected chi connectivity index (χ1v) is 6.59. The Balaban J connectivity index is 2.16. The van der Waals surface area contributed by atoms with Gasteiger partial charge in [-0.15, -0.1) is 0 Å². The Morgan fingerprint density at radius 2 is 2.10 bits per heavy atom. The van der Waals surface area contributed by atoms with Crippen molar-refractivity contribution in [3.05, 3.63) is 47.5 Å². The van der Waals surface area contributed by atoms with Gasteiger partial charge in [-0.05, 0) is 45.0 Å². The van der Waals surface area contributed by atoms with Crippen LogP contribution in [0.4, 0.5) is 10.1 Å². The van der Waals surface area contributed by atoms with E-state index in [1.54, 1.807) is 6.20 Å². The summed E-state index contributed by atoms with van der Waals surface area (Å²) >= 11 is 0. The van der Waals surface area contributed by atoms with Crippen molar-refractivity contribution in [1.29, 1.82) is 0 Å². The second-order valence-electron chi connectivity index (χ2n) is 5.76. The minimum atomic E-state index is -1.28. The first-order valence-electron chi connectivity index (χ1n) is 6.59. The van der Waals surface area contributed by atoms with Crippen LogP contribution in [0, 0.1) is 5.82 Å². The maximum absolute atomic E-state index is 13.3. The van der Waals surface area contributed by atoms with Crippen molar-refractivity contribution >= 4 is 11.7 Å². The Bertz CT molecular complexity index is 659. The lowest BCUT2D eigenvalue weighted by Crippen LogP contribution is -2.26. The number of benzene rings is 1. The van der Waals surface area contributed by atoms with Crippen molar-refractivity contribution in [2.24, 2.45) is 0 Å². The predicted octanol–water partition coefficient (Wildman–Crippen LogP) is 3.09. The highest BCUT2D eigenvalue weighted by Crippen LogP contribution is 2.18. The number of anilines is 1. The van der Waals surface area contributed by atoms with E-state index in [1.807, 2.05) is 31.5 Å². The smallest absolute Gasteiger partial charge is 0.338 e. The summed E-state index contributed by atoms with van der Waals surface area (Å²) in [7, 11) is 0. The zero-order valence-corrected chi connectivity index (χ0v) is 12.2. The van der Waals surface area contributed by atoms with Crippen molar-refractivity contribution < 1.29 is 14.3 Å². The van der Waals surface area contributed by atoms with Crippen LogP contribution in [0.3, 0.4) is 0 Å². The number of nitrogens with one attached hydrogen (secondary N) is 1. The molecule has 1 aromatic carbocycles. The summed E-state index contributed by atoms with van der Waals surface area (Å²) in [6.07, 6.45) is 1.72. The van der Waals surface area contributed by atoms with Gasteiger partial charge in [-0.25, -0.2) is 9.18 Å². The van der Waals surface area contributed by atoms with Gasteiger partial charge in [0.25, 0.3) is 0 Å². The number of halogens is 1. The molecule has 21 heavy (non-hydrogen) atoms. The first-order chi connectivity index (χ1) is 9.79. The number of hydrogen-bond acceptors (Lipinski definition) is 3. The third kappa shape index (κ3) is 3.39. The minimum Gasteiger partial charge on any atom is -0.478 e. The molecule has 2 N–H and O–H groups in total. The van der Waals surface area contributed by atoms with Gasteiger partial charge in [-0.2, -0.15) is 5.10 Å². The Hall–Kier alpha value is -2.37. The van der Waals surface area contributed by atoms with Crippen molar-refractivity contribution in [1.82, 2.24) is 9.78 Å². The van der Waals surface area contributed by atoms with Gasteiger partial charge in [0.15, 0.2) is 0 Å². The fraction of sp³-hybridized carbons (Fsp3) is 0.333. The molecule has 2 aromatic rings. The molecular formula is C15H18FN3O2. The molecule has 5 nitrogen and oxygen atoms in total. The van der Waals surface area contributed by atoms with Gasteiger partial charge >= 0.3 is 5.97 Å². The topological polar surface area (TPSA) is 67.2 Å². The van der Waals surface area contributed by atoms with E-state index in [4.69, 9.17) is 5.11 Å². The molecule has 0 amide bonds. The van der Waals surface area contributed by atoms with Crippen LogP contribution in [0.5, 0.6) is 0 Å². The number of carboxylic acid groups (broad SMARTS) is 1. The number of nitrogens with zero attached hydrogens (tertiary/aromatic N) is 2. The molecule has 1 heterocycles. The lowest BCUT2D eigenvalue weighted by atomic mass is 10.1. The average molecular weight is 291 g/mol. The molecule has 0 aliphatic heterocycles. The van der Waals surface area contributed by atoms with E-state index in [9.17, 15) is 9.18 Å². The number of carboxylic acids is 1. The van der Waals surface area contributed by atoms with Gasteiger partial charge in [0.2, 0.25) is 0 Å². The highest BCUT2D eigenvalue weighted by molar-refractivity contribution is 5.89. The van der Waals surface area contributed by atoms with Gasteiger partial charge in [0, 0.05) is 11.9 Å². The third-order valence-corrected chi connectivity index (χ3v) is 3.03. The molecule has 0 aliphatic carbocycles. The van der Waals surface area contributed by atoms with E-state index < -0.39 is 11.8 Å². The Morgan fingerprint density at radius 1 is 1.38 bits per heavy atom. The van der Waals surface area contributed by atoms with Gasteiger partial charge < -0.3 is 10.4 Å². The quantitative estimate of drug-likeness (QED) is 0.908. The summed E-state index contributed by atoms with van der Waals surface area (Å²) in [6, 6.07) is 5.84. The average Bonchev–Trinajstić information content (AvgIpc) is 2.85. The van der Waals surface area contributed by atoms with Crippen LogP contribution in [0.2, 0.25) is 0 Å². The number of aromatic nitrogens is 2. The molecule has 0 radical (unpaired) electrons. The molecule has 0 atom stereocenters. The second-order valence-corrected chi connectivity index (χ2v) is 5.76. The standard InChI is InChI=1S/C15H18FN3O2/c1-15(2,3)19-11(6-7-18-19)9-17-10-4-5-13(16)12(8-10)14(20)21/h4-8,17H,9H2,1-3H3,(H,20,21). The number of rotatable bonds is 4. The maximum atomic E-state index is 13.3. The molecule has 0 bridgehead atoms. The fourth-order valence-corrected chi connectivity index (χ4v) is 2.06. The summed E-state index contributed by atoms with van der Waals surface area (Å²) in [5.74, 6) is -2.02. The van der Waals surface area contributed by atoms with Gasteiger partial charge in [0.1, 0.15) is 5.82 Å². The van der Waals surface area contributed by atoms with Crippen molar-refractivity contribution in [3.8, 4) is 0 Å². The molecule has 0 aliphatic rings. The molecule has 0 saturated heterocycles. The van der Waals surface area contributed by atoms with Crippen LogP contribution in [-0.2, 0) is 12.1 Å². The van der Waals surface area contributed by atoms with Crippen LogP contribution in [-0.4, -0.2) is 20.9 Å². The third-order valence-electron chi connectivity index (χ3n) is 3.03. The monoisotopic (exact) mass is 291 g/mol. The Morgan fingerprint density at radius 3 is 2.71 bits per heavy atom. The van der Waals surface area contributed by atoms with Gasteiger partial charge in [-0.3, -0.25) is 4.68 Å². The molecule has 1 aromatic heterocycles. The molecule has 6 heteroatoms. The van der Waals surface area contributed by atoms with E-state index >= 15 is 0 Å². The van der Waals surface area contributed by atoms with Crippen molar-refractivity contribution in [2.75, 3.05) is 5.32 Å². The summed E-state index contributed by atoms with van der Waals surface area (Å²) in [4.78, 5) is 10.9. The minimum absolute atomic E-state index is 0.143. The summed E-state index contributed by atoms with van der Waals surface area (Å²) in [6.45, 7) is 6.61. The normalized spacial score (nSPS) is 11.4. The van der Waals surface area contributed by atoms with E-state index in [0.717, 1.165) is 11.8 Å². The fourth-order valence-electron chi connectivity index (χ4n) is 2.06. The largest absolute Gasteiger partial charge is 0.478 e. The van der Waals surface area contributed by atoms with Gasteiger partial charge in [0.05, 0.1) is 23.3 Å². The zero-order chi connectivity index (χ0) is 15.6. The molecule has 0 fully saturated rings. The number of carbonyl (C=O) groups is 1. The van der Waals surface area contributed by atoms with Crippen LogP contribution in [0.25, 0.3) is 0 Å². The van der Waals surface area contributed by atoms with Crippen molar-refractivity contribution in [3.63, 3.8) is 0 Å². The predicted molar refractivity (Wildman–Crippen MR) is 77.9 cm³/mol. The van der Waals surface area contributed by atoms with Crippen LogP contribution in [0.15, 0.2) is 30.5 Å². The summed E-state index contributed by atoms with van der Waals surface area (Å²) in [5, 5.41) is 16.3. The second kappa shape index (κ2) is 5.55. The van der Waals surface area contributed by atoms with E-state index in [0.29, 0.717) is 12.2 Å². The molecular weight excluding hydrogens is 273 g/mol. The molecule has 0 spiro atoms. The summed E-state index contributed by atoms with van der Waals surface area (Å²) in [5.41, 5.74) is 1.03. The number of aromatic carboxylic acids is 1. The SMILES string of the molecule is CC(C)(C)n1nccc1CNc1ccc(F)c(C(=O)O)c1. The van der Waals surface area contributed by atoms with E-state index in [2.05, 4.69) is 10.4 Å². The molecule has 0 saturated carbocycles. The highest BCUT2D eigenvalue weighted by atomic mass is 19.1. The van der Waals surface area contributed by atoms with Crippen LogP contribution < -0.4 is 5.32 Å². The van der Waals surface area contributed by atoms with Crippen LogP contribution in [0.1, 0.15) is 36.8 Å². The maximum Gasteiger partial charge on any atom is 0.338 e. The van der Waals surface area contributed by atoms with Gasteiger partial charge in [-0.1, -0.05) is 0 Å². The molecule has 2 rings (SSSR count). The van der Waals surface area contributed by atoms with E-state index in [1.165, 1.54) is 12.1 Å². The highest BCUT2D eigenvalue weighted by Gasteiger charge is 2.17. The molecule has 112 valence electrons.